The number of ether oxygens (including phenoxy) is 2. The number of hydrogen-bond donors (Lipinski definition) is 0. The highest BCUT2D eigenvalue weighted by Crippen LogP contribution is 2.30. The molecule has 34 heavy (non-hydrogen) atoms. The third-order valence-corrected chi connectivity index (χ3v) is 6.15. The number of rotatable bonds is 7. The first-order valence-electron chi connectivity index (χ1n) is 11.3. The van der Waals surface area contributed by atoms with Crippen LogP contribution in [0.1, 0.15) is 15.9 Å². The van der Waals surface area contributed by atoms with Crippen molar-refractivity contribution in [2.75, 3.05) is 52.3 Å². The van der Waals surface area contributed by atoms with Gasteiger partial charge in [-0.25, -0.2) is 4.39 Å². The summed E-state index contributed by atoms with van der Waals surface area (Å²) in [6.07, 6.45) is 2.96. The molecule has 0 N–H and O–H groups in total. The molecule has 1 heterocycles. The number of carbonyl (C=O) groups is 1. The van der Waals surface area contributed by atoms with Gasteiger partial charge < -0.3 is 19.3 Å². The van der Waals surface area contributed by atoms with Crippen LogP contribution in [0, 0.1) is 5.82 Å². The van der Waals surface area contributed by atoms with E-state index in [-0.39, 0.29) is 5.78 Å². The molecule has 1 saturated heterocycles. The van der Waals surface area contributed by atoms with Gasteiger partial charge in [-0.2, -0.15) is 0 Å². The molecule has 3 aromatic rings. The highest BCUT2D eigenvalue weighted by molar-refractivity contribution is 6.11. The van der Waals surface area contributed by atoms with Gasteiger partial charge >= 0.3 is 0 Å². The third-order valence-electron chi connectivity index (χ3n) is 6.15. The zero-order valence-corrected chi connectivity index (χ0v) is 19.8. The molecule has 176 valence electrons. The number of methoxy groups -OCH3 is 2. The summed E-state index contributed by atoms with van der Waals surface area (Å²) in [7, 11) is 5.22. The lowest BCUT2D eigenvalue weighted by Crippen LogP contribution is -2.45. The summed E-state index contributed by atoms with van der Waals surface area (Å²) in [5.74, 6) is 0.610. The molecule has 0 aliphatic carbocycles. The van der Waals surface area contributed by atoms with Crippen LogP contribution >= 0.6 is 0 Å². The minimum absolute atomic E-state index is 0.167. The fourth-order valence-corrected chi connectivity index (χ4v) is 4.04. The number of allylic oxidation sites excluding steroid dienone is 1. The standard InChI is InChI=1S/C28H29FN2O3/c1-30-14-16-31(17-15-30)27-12-7-22(20-4-9-23(33-2)10-5-20)18-25(27)28(32)13-8-21-6-11-24(34-3)19-26(21)29/h4-13,18-19H,14-17H2,1-3H3. The summed E-state index contributed by atoms with van der Waals surface area (Å²) in [5.41, 5.74) is 3.76. The van der Waals surface area contributed by atoms with E-state index in [1.165, 1.54) is 25.3 Å². The minimum atomic E-state index is -0.435. The maximum absolute atomic E-state index is 14.4. The predicted octanol–water partition coefficient (Wildman–Crippen LogP) is 5.16. The summed E-state index contributed by atoms with van der Waals surface area (Å²) >= 11 is 0. The van der Waals surface area contributed by atoms with E-state index < -0.39 is 5.82 Å². The largest absolute Gasteiger partial charge is 0.497 e. The average molecular weight is 461 g/mol. The summed E-state index contributed by atoms with van der Waals surface area (Å²) in [6, 6.07) is 18.3. The summed E-state index contributed by atoms with van der Waals surface area (Å²) in [5, 5.41) is 0. The molecule has 0 radical (unpaired) electrons. The molecule has 6 heteroatoms. The van der Waals surface area contributed by atoms with Crippen LogP contribution in [0.5, 0.6) is 11.5 Å². The van der Waals surface area contributed by atoms with Crippen LogP contribution in [0.15, 0.2) is 66.7 Å². The van der Waals surface area contributed by atoms with Crippen LogP contribution in [0.2, 0.25) is 0 Å². The molecule has 0 unspecified atom stereocenters. The predicted molar refractivity (Wildman–Crippen MR) is 134 cm³/mol. The van der Waals surface area contributed by atoms with Gasteiger partial charge in [0.05, 0.1) is 14.2 Å². The normalized spacial score (nSPS) is 14.4. The lowest BCUT2D eigenvalue weighted by Gasteiger charge is -2.35. The van der Waals surface area contributed by atoms with Gasteiger partial charge in [-0.1, -0.05) is 18.2 Å². The molecule has 1 aliphatic heterocycles. The van der Waals surface area contributed by atoms with E-state index in [0.29, 0.717) is 16.9 Å². The molecule has 0 spiro atoms. The van der Waals surface area contributed by atoms with Crippen LogP contribution < -0.4 is 14.4 Å². The quantitative estimate of drug-likeness (QED) is 0.360. The van der Waals surface area contributed by atoms with Gasteiger partial charge in [-0.3, -0.25) is 4.79 Å². The third kappa shape index (κ3) is 5.29. The highest BCUT2D eigenvalue weighted by Gasteiger charge is 2.20. The first-order valence-corrected chi connectivity index (χ1v) is 11.3. The molecule has 0 aromatic heterocycles. The number of nitrogens with zero attached hydrogens (tertiary/aromatic N) is 2. The van der Waals surface area contributed by atoms with Crippen molar-refractivity contribution < 1.29 is 18.7 Å². The highest BCUT2D eigenvalue weighted by atomic mass is 19.1. The Hall–Kier alpha value is -3.64. The van der Waals surface area contributed by atoms with Crippen LogP contribution in [0.3, 0.4) is 0 Å². The van der Waals surface area contributed by atoms with Crippen LogP contribution in [0.4, 0.5) is 10.1 Å². The average Bonchev–Trinajstić information content (AvgIpc) is 2.88. The van der Waals surface area contributed by atoms with Gasteiger partial charge in [-0.15, -0.1) is 0 Å². The van der Waals surface area contributed by atoms with E-state index >= 15 is 0 Å². The number of piperazine rings is 1. The Kier molecular flexibility index (Phi) is 7.28. The van der Waals surface area contributed by atoms with E-state index in [2.05, 4.69) is 16.8 Å². The number of likely N-dealkylation sites (N-methyl/N-ethyl adjacent to an activating group) is 1. The molecule has 0 amide bonds. The summed E-state index contributed by atoms with van der Waals surface area (Å²) in [4.78, 5) is 17.9. The SMILES string of the molecule is COc1ccc(-c2ccc(N3CCN(C)CC3)c(C(=O)C=Cc3ccc(OC)cc3F)c2)cc1. The van der Waals surface area contributed by atoms with Crippen molar-refractivity contribution in [3.8, 4) is 22.6 Å². The first-order chi connectivity index (χ1) is 16.5. The lowest BCUT2D eigenvalue weighted by atomic mass is 9.98. The van der Waals surface area contributed by atoms with Crippen LogP contribution in [-0.4, -0.2) is 58.1 Å². The molecule has 0 saturated carbocycles. The van der Waals surface area contributed by atoms with Crippen LogP contribution in [-0.2, 0) is 0 Å². The van der Waals surface area contributed by atoms with Crippen molar-refractivity contribution in [3.63, 3.8) is 0 Å². The van der Waals surface area contributed by atoms with Gasteiger partial charge in [0.2, 0.25) is 0 Å². The zero-order valence-electron chi connectivity index (χ0n) is 19.8. The maximum atomic E-state index is 14.4. The molecule has 0 atom stereocenters. The Balaban J connectivity index is 1.68. The monoisotopic (exact) mass is 460 g/mol. The number of carbonyl (C=O) groups excluding carboxylic acids is 1. The van der Waals surface area contributed by atoms with Crippen molar-refractivity contribution in [3.05, 3.63) is 83.7 Å². The molecule has 5 nitrogen and oxygen atoms in total. The molecule has 3 aromatic carbocycles. The van der Waals surface area contributed by atoms with Gasteiger partial charge in [0.25, 0.3) is 0 Å². The topological polar surface area (TPSA) is 42.0 Å². The Morgan fingerprint density at radius 1 is 0.853 bits per heavy atom. The smallest absolute Gasteiger partial charge is 0.187 e. The van der Waals surface area contributed by atoms with Gasteiger partial charge in [-0.05, 0) is 66.7 Å². The molecular formula is C28H29FN2O3. The van der Waals surface area contributed by atoms with E-state index in [9.17, 15) is 9.18 Å². The minimum Gasteiger partial charge on any atom is -0.497 e. The lowest BCUT2D eigenvalue weighted by molar-refractivity contribution is 0.104. The molecule has 1 aliphatic rings. The van der Waals surface area contributed by atoms with Crippen molar-refractivity contribution in [1.82, 2.24) is 4.90 Å². The van der Waals surface area contributed by atoms with Gasteiger partial charge in [0, 0.05) is 49.1 Å². The Bertz CT molecular complexity index is 1180. The van der Waals surface area contributed by atoms with Crippen molar-refractivity contribution >= 4 is 17.5 Å². The number of benzene rings is 3. The van der Waals surface area contributed by atoms with E-state index in [1.54, 1.807) is 19.2 Å². The Morgan fingerprint density at radius 2 is 1.50 bits per heavy atom. The fraction of sp³-hybridized carbons (Fsp3) is 0.250. The van der Waals surface area contributed by atoms with Crippen molar-refractivity contribution in [2.24, 2.45) is 0 Å². The number of hydrogen-bond acceptors (Lipinski definition) is 5. The second kappa shape index (κ2) is 10.5. The Morgan fingerprint density at radius 3 is 2.15 bits per heavy atom. The molecule has 0 bridgehead atoms. The van der Waals surface area contributed by atoms with E-state index in [1.807, 2.05) is 42.5 Å². The van der Waals surface area contributed by atoms with E-state index in [0.717, 1.165) is 48.7 Å². The second-order valence-corrected chi connectivity index (χ2v) is 8.34. The molecule has 1 fully saturated rings. The zero-order chi connectivity index (χ0) is 24.1. The second-order valence-electron chi connectivity index (χ2n) is 8.34. The number of anilines is 1. The number of halogens is 1. The van der Waals surface area contributed by atoms with Gasteiger partial charge in [0.15, 0.2) is 5.78 Å². The molecule has 4 rings (SSSR count). The first kappa shape index (κ1) is 23.5. The Labute approximate surface area is 200 Å². The van der Waals surface area contributed by atoms with Crippen molar-refractivity contribution in [2.45, 2.75) is 0 Å². The maximum Gasteiger partial charge on any atom is 0.187 e. The molecular weight excluding hydrogens is 431 g/mol. The summed E-state index contributed by atoms with van der Waals surface area (Å²) in [6.45, 7) is 3.55. The fourth-order valence-electron chi connectivity index (χ4n) is 4.04. The van der Waals surface area contributed by atoms with Crippen molar-refractivity contribution in [1.29, 1.82) is 0 Å². The summed E-state index contributed by atoms with van der Waals surface area (Å²) < 4.78 is 24.7. The van der Waals surface area contributed by atoms with E-state index in [4.69, 9.17) is 9.47 Å². The van der Waals surface area contributed by atoms with Crippen LogP contribution in [0.25, 0.3) is 17.2 Å². The number of ketones is 1. The van der Waals surface area contributed by atoms with Gasteiger partial charge in [0.1, 0.15) is 17.3 Å².